The molecular weight excluding hydrogens is 224 g/mol. The van der Waals surface area contributed by atoms with E-state index in [4.69, 9.17) is 4.74 Å². The van der Waals surface area contributed by atoms with Gasteiger partial charge in [0, 0.05) is 30.9 Å². The van der Waals surface area contributed by atoms with Crippen molar-refractivity contribution in [2.45, 2.75) is 12.5 Å². The summed E-state index contributed by atoms with van der Waals surface area (Å²) in [6.45, 7) is 1.31. The van der Waals surface area contributed by atoms with Gasteiger partial charge in [0.15, 0.2) is 5.75 Å². The Balaban J connectivity index is 2.28. The van der Waals surface area contributed by atoms with Crippen LogP contribution in [0.15, 0.2) is 18.2 Å². The fraction of sp³-hybridized carbons (Fsp3) is 0.455. The van der Waals surface area contributed by atoms with Crippen LogP contribution >= 0.6 is 0 Å². The number of hydrogen-bond acceptors (Lipinski definition) is 5. The van der Waals surface area contributed by atoms with Gasteiger partial charge in [0.1, 0.15) is 0 Å². The molecule has 17 heavy (non-hydrogen) atoms. The number of anilines is 1. The Hall–Kier alpha value is -1.82. The maximum atomic E-state index is 10.7. The van der Waals surface area contributed by atoms with Gasteiger partial charge < -0.3 is 14.7 Å². The lowest BCUT2D eigenvalue weighted by molar-refractivity contribution is -0.385. The number of benzene rings is 1. The van der Waals surface area contributed by atoms with Crippen molar-refractivity contribution >= 4 is 11.4 Å². The van der Waals surface area contributed by atoms with Crippen LogP contribution in [0.4, 0.5) is 11.4 Å². The van der Waals surface area contributed by atoms with E-state index in [-0.39, 0.29) is 17.5 Å². The van der Waals surface area contributed by atoms with Crippen molar-refractivity contribution in [3.05, 3.63) is 28.3 Å². The molecule has 1 fully saturated rings. The summed E-state index contributed by atoms with van der Waals surface area (Å²) in [5, 5.41) is 20.2. The Labute approximate surface area is 98.6 Å². The number of hydrogen-bond donors (Lipinski definition) is 1. The van der Waals surface area contributed by atoms with Gasteiger partial charge in [-0.05, 0) is 12.5 Å². The predicted octanol–water partition coefficient (Wildman–Crippen LogP) is 1.17. The second-order valence-electron chi connectivity index (χ2n) is 4.00. The average Bonchev–Trinajstić information content (AvgIpc) is 2.75. The quantitative estimate of drug-likeness (QED) is 0.632. The molecule has 0 bridgehead atoms. The summed E-state index contributed by atoms with van der Waals surface area (Å²) in [4.78, 5) is 12.2. The first-order valence-electron chi connectivity index (χ1n) is 5.37. The number of nitro benzene ring substituents is 1. The molecule has 0 radical (unpaired) electrons. The summed E-state index contributed by atoms with van der Waals surface area (Å²) in [5.41, 5.74) is 0.792. The summed E-state index contributed by atoms with van der Waals surface area (Å²) in [6, 6.07) is 4.74. The molecule has 1 atom stereocenters. The first kappa shape index (κ1) is 11.7. The zero-order chi connectivity index (χ0) is 12.4. The second-order valence-corrected chi connectivity index (χ2v) is 4.00. The van der Waals surface area contributed by atoms with Crippen LogP contribution in [-0.4, -0.2) is 36.3 Å². The Morgan fingerprint density at radius 1 is 1.59 bits per heavy atom. The highest BCUT2D eigenvalue weighted by atomic mass is 16.6. The van der Waals surface area contributed by atoms with Gasteiger partial charge in [0.05, 0.1) is 18.1 Å². The smallest absolute Gasteiger partial charge is 0.311 e. The fourth-order valence-corrected chi connectivity index (χ4v) is 1.99. The van der Waals surface area contributed by atoms with Gasteiger partial charge in [0.2, 0.25) is 0 Å². The number of nitro groups is 1. The molecule has 0 spiro atoms. The van der Waals surface area contributed by atoms with Gasteiger partial charge in [0.25, 0.3) is 0 Å². The minimum Gasteiger partial charge on any atom is -0.490 e. The van der Waals surface area contributed by atoms with Crippen molar-refractivity contribution in [3.63, 3.8) is 0 Å². The van der Waals surface area contributed by atoms with Gasteiger partial charge >= 0.3 is 5.69 Å². The van der Waals surface area contributed by atoms with E-state index in [1.807, 2.05) is 4.90 Å². The Morgan fingerprint density at radius 2 is 2.35 bits per heavy atom. The van der Waals surface area contributed by atoms with Gasteiger partial charge in [-0.2, -0.15) is 0 Å². The van der Waals surface area contributed by atoms with E-state index < -0.39 is 4.92 Å². The average molecular weight is 238 g/mol. The van der Waals surface area contributed by atoms with E-state index in [1.54, 1.807) is 12.1 Å². The number of aliphatic hydroxyl groups excluding tert-OH is 1. The minimum absolute atomic E-state index is 0.0454. The first-order chi connectivity index (χ1) is 8.11. The normalized spacial score (nSPS) is 19.4. The number of rotatable bonds is 3. The molecule has 0 aliphatic carbocycles. The van der Waals surface area contributed by atoms with Crippen LogP contribution in [0.2, 0.25) is 0 Å². The molecule has 2 rings (SSSR count). The highest BCUT2D eigenvalue weighted by molar-refractivity contribution is 5.59. The van der Waals surface area contributed by atoms with Crippen molar-refractivity contribution in [1.29, 1.82) is 0 Å². The zero-order valence-corrected chi connectivity index (χ0v) is 9.50. The third-order valence-electron chi connectivity index (χ3n) is 2.89. The molecule has 1 N–H and O–H groups in total. The number of β-amino-alcohol motifs (C(OH)–C–C–N with tert-alkyl or cyclic N) is 1. The maximum Gasteiger partial charge on any atom is 0.311 e. The van der Waals surface area contributed by atoms with Crippen molar-refractivity contribution in [1.82, 2.24) is 0 Å². The van der Waals surface area contributed by atoms with E-state index in [0.29, 0.717) is 6.54 Å². The van der Waals surface area contributed by atoms with Crippen LogP contribution in [0.1, 0.15) is 6.42 Å². The van der Waals surface area contributed by atoms with Crippen LogP contribution in [0.5, 0.6) is 5.75 Å². The zero-order valence-electron chi connectivity index (χ0n) is 9.50. The lowest BCUT2D eigenvalue weighted by Gasteiger charge is -2.18. The number of aliphatic hydroxyl groups is 1. The summed E-state index contributed by atoms with van der Waals surface area (Å²) in [7, 11) is 1.41. The lowest BCUT2D eigenvalue weighted by atomic mass is 10.2. The van der Waals surface area contributed by atoms with Crippen LogP contribution in [-0.2, 0) is 0 Å². The summed E-state index contributed by atoms with van der Waals surface area (Å²) in [5.74, 6) is 0.244. The first-order valence-corrected chi connectivity index (χ1v) is 5.37. The van der Waals surface area contributed by atoms with E-state index in [2.05, 4.69) is 0 Å². The largest absolute Gasteiger partial charge is 0.490 e. The molecule has 0 saturated carbocycles. The Morgan fingerprint density at radius 3 is 2.88 bits per heavy atom. The molecule has 1 saturated heterocycles. The molecule has 1 aliphatic heterocycles. The van der Waals surface area contributed by atoms with Crippen LogP contribution < -0.4 is 9.64 Å². The third kappa shape index (κ3) is 2.31. The highest BCUT2D eigenvalue weighted by Gasteiger charge is 2.23. The molecule has 1 unspecified atom stereocenters. The fourth-order valence-electron chi connectivity index (χ4n) is 1.99. The molecule has 1 heterocycles. The van der Waals surface area contributed by atoms with Crippen LogP contribution in [0.3, 0.4) is 0 Å². The molecule has 1 aliphatic rings. The number of methoxy groups -OCH3 is 1. The summed E-state index contributed by atoms with van der Waals surface area (Å²) < 4.78 is 5.00. The lowest BCUT2D eigenvalue weighted by Crippen LogP contribution is -2.21. The number of ether oxygens (including phenoxy) is 1. The maximum absolute atomic E-state index is 10.7. The van der Waals surface area contributed by atoms with E-state index >= 15 is 0 Å². The van der Waals surface area contributed by atoms with Crippen molar-refractivity contribution in [2.24, 2.45) is 0 Å². The molecule has 0 aromatic heterocycles. The van der Waals surface area contributed by atoms with Crippen molar-refractivity contribution in [3.8, 4) is 5.75 Å². The predicted molar refractivity (Wildman–Crippen MR) is 62.5 cm³/mol. The van der Waals surface area contributed by atoms with E-state index in [9.17, 15) is 15.2 Å². The third-order valence-corrected chi connectivity index (χ3v) is 2.89. The summed E-state index contributed by atoms with van der Waals surface area (Å²) in [6.07, 6.45) is 0.399. The molecule has 92 valence electrons. The second kappa shape index (κ2) is 4.58. The van der Waals surface area contributed by atoms with Crippen molar-refractivity contribution in [2.75, 3.05) is 25.1 Å². The number of nitrogens with zero attached hydrogens (tertiary/aromatic N) is 2. The Kier molecular flexibility index (Phi) is 3.14. The van der Waals surface area contributed by atoms with Crippen LogP contribution in [0.25, 0.3) is 0 Å². The van der Waals surface area contributed by atoms with Gasteiger partial charge in [-0.15, -0.1) is 0 Å². The van der Waals surface area contributed by atoms with Crippen LogP contribution in [0, 0.1) is 10.1 Å². The standard InChI is InChI=1S/C11H14N2O4/c1-17-11-6-8(2-3-10(11)13(15)16)12-5-4-9(14)7-12/h2-3,6,9,14H,4-5,7H2,1H3. The molecule has 0 amide bonds. The SMILES string of the molecule is COc1cc(N2CCC(O)C2)ccc1[N+](=O)[O-]. The topological polar surface area (TPSA) is 75.8 Å². The molecule has 1 aromatic rings. The van der Waals surface area contributed by atoms with Gasteiger partial charge in [-0.1, -0.05) is 0 Å². The highest BCUT2D eigenvalue weighted by Crippen LogP contribution is 2.32. The summed E-state index contributed by atoms with van der Waals surface area (Å²) >= 11 is 0. The Bertz CT molecular complexity index is 435. The molecule has 1 aromatic carbocycles. The minimum atomic E-state index is -0.471. The van der Waals surface area contributed by atoms with Gasteiger partial charge in [-0.3, -0.25) is 10.1 Å². The van der Waals surface area contributed by atoms with E-state index in [0.717, 1.165) is 18.7 Å². The van der Waals surface area contributed by atoms with Crippen molar-refractivity contribution < 1.29 is 14.8 Å². The van der Waals surface area contributed by atoms with Gasteiger partial charge in [-0.25, -0.2) is 0 Å². The van der Waals surface area contributed by atoms with E-state index in [1.165, 1.54) is 13.2 Å². The monoisotopic (exact) mass is 238 g/mol. The molecule has 6 heteroatoms. The molecule has 6 nitrogen and oxygen atoms in total. The molecular formula is C11H14N2O4.